The normalized spacial score (nSPS) is 23.3. The Kier molecular flexibility index (Phi) is 7.74. The summed E-state index contributed by atoms with van der Waals surface area (Å²) in [6.07, 6.45) is 3.73. The van der Waals surface area contributed by atoms with Gasteiger partial charge in [-0.05, 0) is 31.9 Å². The molecule has 2 aromatic carbocycles. The smallest absolute Gasteiger partial charge is 0.231 e. The first-order chi connectivity index (χ1) is 18.4. The van der Waals surface area contributed by atoms with Crippen LogP contribution in [-0.4, -0.2) is 56.4 Å². The predicted molar refractivity (Wildman–Crippen MR) is 144 cm³/mol. The van der Waals surface area contributed by atoms with Crippen molar-refractivity contribution in [3.63, 3.8) is 0 Å². The van der Waals surface area contributed by atoms with Crippen LogP contribution in [0.4, 0.5) is 5.69 Å². The molecule has 1 N–H and O–H groups in total. The third-order valence-corrected chi connectivity index (χ3v) is 7.01. The van der Waals surface area contributed by atoms with Crippen LogP contribution in [0.2, 0.25) is 0 Å². The van der Waals surface area contributed by atoms with Gasteiger partial charge in [-0.2, -0.15) is 0 Å². The number of hydrogen-bond acceptors (Lipinski definition) is 7. The number of fused-ring (bicyclic) bond motifs is 4. The highest BCUT2D eigenvalue weighted by molar-refractivity contribution is 5.78. The maximum absolute atomic E-state index is 13.6. The molecule has 0 bridgehead atoms. The van der Waals surface area contributed by atoms with Crippen LogP contribution in [0.1, 0.15) is 37.5 Å². The van der Waals surface area contributed by atoms with Gasteiger partial charge in [0.2, 0.25) is 12.7 Å². The number of carbonyl (C=O) groups is 1. The number of hydrogen-bond donors (Lipinski definition) is 1. The lowest BCUT2D eigenvalue weighted by atomic mass is 9.88. The summed E-state index contributed by atoms with van der Waals surface area (Å²) in [4.78, 5) is 15.7. The van der Waals surface area contributed by atoms with E-state index in [-0.39, 0.29) is 43.4 Å². The molecule has 38 heavy (non-hydrogen) atoms. The quantitative estimate of drug-likeness (QED) is 0.350. The zero-order valence-electron chi connectivity index (χ0n) is 22.1. The van der Waals surface area contributed by atoms with E-state index in [0.29, 0.717) is 37.7 Å². The maximum Gasteiger partial charge on any atom is 0.231 e. The summed E-state index contributed by atoms with van der Waals surface area (Å²) in [6.45, 7) is 13.0. The number of carbonyl (C=O) groups excluding carboxylic acids is 1. The second kappa shape index (κ2) is 11.2. The summed E-state index contributed by atoms with van der Waals surface area (Å²) in [5.74, 6) is 0.494. The molecule has 0 unspecified atom stereocenters. The fourth-order valence-corrected chi connectivity index (χ4v) is 5.51. The Bertz CT molecular complexity index is 1170. The number of rotatable bonds is 11. The molecule has 8 nitrogen and oxygen atoms in total. The van der Waals surface area contributed by atoms with Gasteiger partial charge in [-0.25, -0.2) is 0 Å². The van der Waals surface area contributed by atoms with Gasteiger partial charge in [0.15, 0.2) is 17.3 Å². The molecule has 1 amide bonds. The Hall–Kier alpha value is -3.33. The summed E-state index contributed by atoms with van der Waals surface area (Å²) in [5.41, 5.74) is 3.03. The van der Waals surface area contributed by atoms with Gasteiger partial charge >= 0.3 is 0 Å². The minimum absolute atomic E-state index is 0.0801. The van der Waals surface area contributed by atoms with Crippen molar-refractivity contribution in [3.8, 4) is 11.5 Å². The van der Waals surface area contributed by atoms with Crippen molar-refractivity contribution in [2.75, 3.05) is 31.5 Å². The third-order valence-electron chi connectivity index (χ3n) is 7.01. The monoisotopic (exact) mass is 520 g/mol. The van der Waals surface area contributed by atoms with Crippen LogP contribution in [0.3, 0.4) is 0 Å². The van der Waals surface area contributed by atoms with Gasteiger partial charge in [-0.1, -0.05) is 42.5 Å². The fraction of sp³-hybridized carbons (Fsp3) is 0.433. The Morgan fingerprint density at radius 3 is 2.66 bits per heavy atom. The molecular weight excluding hydrogens is 484 g/mol. The highest BCUT2D eigenvalue weighted by Crippen LogP contribution is 2.52. The summed E-state index contributed by atoms with van der Waals surface area (Å²) in [6, 6.07) is 13.6. The summed E-state index contributed by atoms with van der Waals surface area (Å²) < 4.78 is 29.8. The zero-order valence-corrected chi connectivity index (χ0v) is 22.1. The number of nitrogens with zero attached hydrogens (tertiary/aromatic N) is 1. The van der Waals surface area contributed by atoms with E-state index in [9.17, 15) is 4.79 Å². The molecule has 0 aromatic heterocycles. The highest BCUT2D eigenvalue weighted by atomic mass is 16.8. The molecule has 1 saturated heterocycles. The van der Waals surface area contributed by atoms with Crippen molar-refractivity contribution in [2.45, 2.75) is 56.8 Å². The average molecular weight is 521 g/mol. The Balaban J connectivity index is 1.40. The van der Waals surface area contributed by atoms with Crippen LogP contribution in [0.15, 0.2) is 67.8 Å². The van der Waals surface area contributed by atoms with Crippen molar-refractivity contribution in [3.05, 3.63) is 78.9 Å². The molecule has 3 heterocycles. The minimum Gasteiger partial charge on any atom is -0.454 e. The first-order valence-corrected chi connectivity index (χ1v) is 13.1. The molecule has 0 radical (unpaired) electrons. The molecule has 0 saturated carbocycles. The molecule has 202 valence electrons. The lowest BCUT2D eigenvalue weighted by Crippen LogP contribution is -2.53. The number of benzene rings is 2. The molecule has 3 aliphatic rings. The molecule has 8 heteroatoms. The second-order valence-electron chi connectivity index (χ2n) is 10.3. The predicted octanol–water partition coefficient (Wildman–Crippen LogP) is 4.30. The average Bonchev–Trinajstić information content (AvgIpc) is 3.48. The van der Waals surface area contributed by atoms with Crippen molar-refractivity contribution in [2.24, 2.45) is 0 Å². The van der Waals surface area contributed by atoms with E-state index < -0.39 is 5.79 Å². The molecule has 1 fully saturated rings. The van der Waals surface area contributed by atoms with Gasteiger partial charge < -0.3 is 33.9 Å². The highest BCUT2D eigenvalue weighted by Gasteiger charge is 2.52. The Morgan fingerprint density at radius 1 is 1.16 bits per heavy atom. The number of nitrogens with one attached hydrogen (secondary N) is 1. The molecule has 4 atom stereocenters. The fourth-order valence-electron chi connectivity index (χ4n) is 5.51. The van der Waals surface area contributed by atoms with Crippen molar-refractivity contribution < 1.29 is 28.5 Å². The van der Waals surface area contributed by atoms with Gasteiger partial charge in [-0.3, -0.25) is 4.79 Å². The first-order valence-electron chi connectivity index (χ1n) is 13.1. The van der Waals surface area contributed by atoms with Crippen molar-refractivity contribution in [1.82, 2.24) is 5.32 Å². The summed E-state index contributed by atoms with van der Waals surface area (Å²) >= 11 is 0. The molecule has 0 spiro atoms. The SMILES string of the molecule is C=CCOC[C@H](Cc1ccccc1)NC(=O)C[C@H]1[C@@H]2OC(C)(C)O[C@H]2c2cc3c(cc2N1CC=C)OCO3. The van der Waals surface area contributed by atoms with Crippen LogP contribution < -0.4 is 19.7 Å². The Labute approximate surface area is 224 Å². The lowest BCUT2D eigenvalue weighted by molar-refractivity contribution is -0.148. The van der Waals surface area contributed by atoms with E-state index in [2.05, 4.69) is 35.5 Å². The van der Waals surface area contributed by atoms with E-state index in [1.54, 1.807) is 6.08 Å². The van der Waals surface area contributed by atoms with Crippen molar-refractivity contribution in [1.29, 1.82) is 0 Å². The molecule has 2 aromatic rings. The van der Waals surface area contributed by atoms with Gasteiger partial charge in [0, 0.05) is 30.3 Å². The molecule has 0 aliphatic carbocycles. The molecule has 3 aliphatic heterocycles. The van der Waals surface area contributed by atoms with E-state index in [1.165, 1.54) is 0 Å². The summed E-state index contributed by atoms with van der Waals surface area (Å²) in [5, 5.41) is 3.21. The zero-order chi connectivity index (χ0) is 26.7. The van der Waals surface area contributed by atoms with E-state index in [0.717, 1.165) is 16.8 Å². The second-order valence-corrected chi connectivity index (χ2v) is 10.3. The topological polar surface area (TPSA) is 78.5 Å². The lowest BCUT2D eigenvalue weighted by Gasteiger charge is -2.43. The van der Waals surface area contributed by atoms with Crippen LogP contribution >= 0.6 is 0 Å². The summed E-state index contributed by atoms with van der Waals surface area (Å²) in [7, 11) is 0. The van der Waals surface area contributed by atoms with Gasteiger partial charge in [0.05, 0.1) is 25.3 Å². The van der Waals surface area contributed by atoms with Crippen LogP contribution in [0.25, 0.3) is 0 Å². The standard InChI is InChI=1S/C30H36N2O6/c1-5-12-32-23-16-26-25(35-19-36-26)15-22(23)28-29(38-30(3,4)37-28)24(32)17-27(33)31-21(18-34-13-6-2)14-20-10-8-7-9-11-20/h5-11,15-16,21,24,28-29H,1-2,12-14,17-19H2,3-4H3,(H,31,33)/t21-,24-,28-,29-/m0/s1. The van der Waals surface area contributed by atoms with Gasteiger partial charge in [0.25, 0.3) is 0 Å². The van der Waals surface area contributed by atoms with Crippen LogP contribution in [-0.2, 0) is 25.4 Å². The van der Waals surface area contributed by atoms with Crippen molar-refractivity contribution >= 4 is 11.6 Å². The van der Waals surface area contributed by atoms with Gasteiger partial charge in [0.1, 0.15) is 12.2 Å². The number of amides is 1. The van der Waals surface area contributed by atoms with E-state index in [1.807, 2.05) is 50.3 Å². The molecule has 5 rings (SSSR count). The van der Waals surface area contributed by atoms with Crippen LogP contribution in [0, 0.1) is 0 Å². The maximum atomic E-state index is 13.6. The largest absolute Gasteiger partial charge is 0.454 e. The third kappa shape index (κ3) is 5.57. The molecular formula is C30H36N2O6. The minimum atomic E-state index is -0.795. The first kappa shape index (κ1) is 26.3. The Morgan fingerprint density at radius 2 is 1.92 bits per heavy atom. The number of ether oxygens (including phenoxy) is 5. The van der Waals surface area contributed by atoms with E-state index in [4.69, 9.17) is 23.7 Å². The van der Waals surface area contributed by atoms with E-state index >= 15 is 0 Å². The van der Waals surface area contributed by atoms with Gasteiger partial charge in [-0.15, -0.1) is 13.2 Å². The number of anilines is 1. The van der Waals surface area contributed by atoms with Crippen LogP contribution in [0.5, 0.6) is 11.5 Å².